The number of unbranched alkanes of at least 4 members (excludes halogenated alkanes) is 6. The van der Waals surface area contributed by atoms with Crippen LogP contribution < -0.4 is 13.7 Å². The van der Waals surface area contributed by atoms with Gasteiger partial charge in [0.05, 0.1) is 0 Å². The summed E-state index contributed by atoms with van der Waals surface area (Å²) in [6, 6.07) is 14.4. The van der Waals surface area contributed by atoms with Gasteiger partial charge in [-0.15, -0.1) is 0 Å². The SMILES string of the molecule is Cc1cc(C)c[n+](CCCCCc2cc(CCCCC[n+]3cc(C)cc(C)c3)cc(CCCCC[n+]3cc(C)cc(C)c3)c2)c1. The molecule has 0 spiro atoms. The largest absolute Gasteiger partial charge is 0.205 e. The van der Waals surface area contributed by atoms with Crippen molar-refractivity contribution in [2.45, 2.75) is 138 Å². The highest BCUT2D eigenvalue weighted by Gasteiger charge is 2.08. The van der Waals surface area contributed by atoms with Gasteiger partial charge in [-0.05, 0) is 134 Å². The molecule has 0 radical (unpaired) electrons. The minimum atomic E-state index is 1.12. The Hall–Kier alpha value is -3.33. The molecule has 0 N–H and O–H groups in total. The zero-order valence-electron chi connectivity index (χ0n) is 29.4. The number of rotatable bonds is 18. The summed E-state index contributed by atoms with van der Waals surface area (Å²) in [4.78, 5) is 0. The monoisotopic (exact) mass is 606 g/mol. The van der Waals surface area contributed by atoms with E-state index in [-0.39, 0.29) is 0 Å². The van der Waals surface area contributed by atoms with Gasteiger partial charge in [-0.3, -0.25) is 0 Å². The van der Waals surface area contributed by atoms with Crippen LogP contribution in [-0.4, -0.2) is 0 Å². The van der Waals surface area contributed by atoms with Crippen LogP contribution in [0.25, 0.3) is 0 Å². The van der Waals surface area contributed by atoms with Crippen molar-refractivity contribution in [3.05, 3.63) is 124 Å². The van der Waals surface area contributed by atoms with E-state index in [0.29, 0.717) is 0 Å². The van der Waals surface area contributed by atoms with Gasteiger partial charge in [-0.25, -0.2) is 13.7 Å². The lowest BCUT2D eigenvalue weighted by atomic mass is 9.95. The summed E-state index contributed by atoms with van der Waals surface area (Å²) < 4.78 is 7.13. The molecular weight excluding hydrogens is 546 g/mol. The predicted octanol–water partition coefficient (Wildman–Crippen LogP) is 8.64. The maximum atomic E-state index is 2.53. The molecule has 0 aliphatic rings. The molecule has 240 valence electrons. The Morgan fingerprint density at radius 1 is 0.311 bits per heavy atom. The Labute approximate surface area is 275 Å². The Balaban J connectivity index is 1.27. The first-order chi connectivity index (χ1) is 21.7. The molecule has 0 unspecified atom stereocenters. The number of pyridine rings is 3. The number of benzene rings is 1. The maximum Gasteiger partial charge on any atom is 0.171 e. The standard InChI is InChI=1S/C42H60N3/c1-34-22-35(2)29-43(28-34)19-13-7-10-16-40-25-41(17-11-8-14-20-44-30-36(3)23-37(4)31-44)27-42(26-40)18-12-9-15-21-45-32-38(5)24-39(6)33-45/h22-33H,7-21H2,1-6H3/q+3. The lowest BCUT2D eigenvalue weighted by Gasteiger charge is -2.11. The number of nitrogens with zero attached hydrogens (tertiary/aromatic N) is 3. The minimum Gasteiger partial charge on any atom is -0.205 e. The molecule has 1 aromatic carbocycles. The van der Waals surface area contributed by atoms with Gasteiger partial charge in [0, 0.05) is 52.6 Å². The highest BCUT2D eigenvalue weighted by atomic mass is 14.9. The quantitative estimate of drug-likeness (QED) is 0.0794. The molecule has 3 nitrogen and oxygen atoms in total. The van der Waals surface area contributed by atoms with E-state index in [1.807, 2.05) is 0 Å². The van der Waals surface area contributed by atoms with Crippen LogP contribution in [0.2, 0.25) is 0 Å². The van der Waals surface area contributed by atoms with Crippen molar-refractivity contribution in [1.29, 1.82) is 0 Å². The topological polar surface area (TPSA) is 11.6 Å². The summed E-state index contributed by atoms with van der Waals surface area (Å²) in [7, 11) is 0. The third kappa shape index (κ3) is 12.9. The minimum absolute atomic E-state index is 1.12. The Bertz CT molecular complexity index is 1250. The smallest absolute Gasteiger partial charge is 0.171 e. The summed E-state index contributed by atoms with van der Waals surface area (Å²) in [5, 5.41) is 0. The van der Waals surface area contributed by atoms with Crippen molar-refractivity contribution >= 4 is 0 Å². The first-order valence-corrected chi connectivity index (χ1v) is 17.8. The van der Waals surface area contributed by atoms with E-state index in [4.69, 9.17) is 0 Å². The Morgan fingerprint density at radius 3 is 0.800 bits per heavy atom. The number of aromatic nitrogens is 3. The first kappa shape index (κ1) is 34.5. The second kappa shape index (κ2) is 18.0. The number of aryl methyl sites for hydroxylation is 12. The highest BCUT2D eigenvalue weighted by Crippen LogP contribution is 2.18. The van der Waals surface area contributed by atoms with Crippen molar-refractivity contribution in [3.8, 4) is 0 Å². The molecule has 0 saturated heterocycles. The molecule has 0 atom stereocenters. The molecule has 3 heterocycles. The van der Waals surface area contributed by atoms with Gasteiger partial charge in [0.1, 0.15) is 19.6 Å². The fourth-order valence-corrected chi connectivity index (χ4v) is 7.04. The fraction of sp³-hybridized carbons (Fsp3) is 0.500. The molecule has 0 amide bonds. The third-order valence-electron chi connectivity index (χ3n) is 8.84. The molecule has 4 aromatic rings. The van der Waals surface area contributed by atoms with E-state index in [9.17, 15) is 0 Å². The summed E-state index contributed by atoms with van der Waals surface area (Å²) in [6.07, 6.45) is 28.7. The van der Waals surface area contributed by atoms with Crippen LogP contribution in [0.5, 0.6) is 0 Å². The van der Waals surface area contributed by atoms with Crippen LogP contribution in [0.3, 0.4) is 0 Å². The average molecular weight is 607 g/mol. The van der Waals surface area contributed by atoms with Gasteiger partial charge in [0.15, 0.2) is 37.2 Å². The van der Waals surface area contributed by atoms with E-state index in [0.717, 1.165) is 19.6 Å². The predicted molar refractivity (Wildman–Crippen MR) is 187 cm³/mol. The molecule has 0 aliphatic heterocycles. The normalized spacial score (nSPS) is 11.3. The zero-order chi connectivity index (χ0) is 32.0. The van der Waals surface area contributed by atoms with Crippen molar-refractivity contribution in [2.75, 3.05) is 0 Å². The van der Waals surface area contributed by atoms with E-state index >= 15 is 0 Å². The van der Waals surface area contributed by atoms with Crippen LogP contribution in [0.15, 0.2) is 73.6 Å². The Morgan fingerprint density at radius 2 is 0.556 bits per heavy atom. The average Bonchev–Trinajstić information content (AvgIpc) is 2.95. The second-order valence-electron chi connectivity index (χ2n) is 14.0. The molecular formula is C42H60N3+3. The van der Waals surface area contributed by atoms with Crippen LogP contribution in [-0.2, 0) is 38.9 Å². The van der Waals surface area contributed by atoms with Crippen LogP contribution >= 0.6 is 0 Å². The second-order valence-corrected chi connectivity index (χ2v) is 14.0. The highest BCUT2D eigenvalue weighted by molar-refractivity contribution is 5.31. The molecule has 3 heteroatoms. The number of hydrogen-bond donors (Lipinski definition) is 0. The van der Waals surface area contributed by atoms with Gasteiger partial charge >= 0.3 is 0 Å². The van der Waals surface area contributed by atoms with Crippen LogP contribution in [0.1, 0.15) is 108 Å². The van der Waals surface area contributed by atoms with Crippen molar-refractivity contribution < 1.29 is 13.7 Å². The lowest BCUT2D eigenvalue weighted by molar-refractivity contribution is -0.698. The molecule has 3 aromatic heterocycles. The van der Waals surface area contributed by atoms with Gasteiger partial charge in [0.2, 0.25) is 0 Å². The summed E-state index contributed by atoms with van der Waals surface area (Å²) in [5.41, 5.74) is 12.8. The molecule has 4 rings (SSSR count). The molecule has 45 heavy (non-hydrogen) atoms. The molecule has 0 fully saturated rings. The fourth-order valence-electron chi connectivity index (χ4n) is 7.04. The third-order valence-corrected chi connectivity index (χ3v) is 8.84. The summed E-state index contributed by atoms with van der Waals surface area (Å²) in [6.45, 7) is 16.5. The van der Waals surface area contributed by atoms with Crippen molar-refractivity contribution in [3.63, 3.8) is 0 Å². The molecule has 0 bridgehead atoms. The molecule has 0 aliphatic carbocycles. The van der Waals surface area contributed by atoms with E-state index in [1.165, 1.54) is 110 Å². The Kier molecular flexibility index (Phi) is 13.8. The van der Waals surface area contributed by atoms with E-state index in [2.05, 4.69) is 129 Å². The maximum absolute atomic E-state index is 2.53. The summed E-state index contributed by atoms with van der Waals surface area (Å²) in [5.74, 6) is 0. The van der Waals surface area contributed by atoms with E-state index < -0.39 is 0 Å². The van der Waals surface area contributed by atoms with Gasteiger partial charge in [-0.1, -0.05) is 18.2 Å². The van der Waals surface area contributed by atoms with Gasteiger partial charge in [-0.2, -0.15) is 0 Å². The van der Waals surface area contributed by atoms with Crippen LogP contribution in [0.4, 0.5) is 0 Å². The van der Waals surface area contributed by atoms with Crippen molar-refractivity contribution in [1.82, 2.24) is 0 Å². The number of hydrogen-bond acceptors (Lipinski definition) is 0. The first-order valence-electron chi connectivity index (χ1n) is 17.8. The lowest BCUT2D eigenvalue weighted by Crippen LogP contribution is -2.33. The zero-order valence-corrected chi connectivity index (χ0v) is 29.4. The van der Waals surface area contributed by atoms with E-state index in [1.54, 1.807) is 16.7 Å². The van der Waals surface area contributed by atoms with Gasteiger partial charge in [0.25, 0.3) is 0 Å². The van der Waals surface area contributed by atoms with Gasteiger partial charge < -0.3 is 0 Å². The van der Waals surface area contributed by atoms with Crippen LogP contribution in [0, 0.1) is 41.5 Å². The van der Waals surface area contributed by atoms with Crippen molar-refractivity contribution in [2.24, 2.45) is 0 Å². The summed E-state index contributed by atoms with van der Waals surface area (Å²) >= 11 is 0. The molecule has 0 saturated carbocycles.